The van der Waals surface area contributed by atoms with Gasteiger partial charge >= 0.3 is 5.97 Å². The number of hydrogen-bond donors (Lipinski definition) is 2. The fourth-order valence-corrected chi connectivity index (χ4v) is 3.72. The van der Waals surface area contributed by atoms with E-state index in [1.807, 2.05) is 26.2 Å². The van der Waals surface area contributed by atoms with E-state index < -0.39 is 6.10 Å². The molecule has 2 heterocycles. The van der Waals surface area contributed by atoms with Gasteiger partial charge < -0.3 is 29.5 Å². The Hall–Kier alpha value is -2.16. The molecular formula is C19H26N2O6. The standard InChI is InChI=1S/C19H26N2O6/c1-21(2)9-17(23)20-11-4-5-15-13(6-11)14-7-12(8-18(24)25-3)26-16(10-22)19(14)27-15/h4-6,12,14,16,19,22H,7-10H2,1-3H3,(H,20,23)/t12-,14-,16+,19+/m1/s1. The van der Waals surface area contributed by atoms with Gasteiger partial charge in [-0.25, -0.2) is 0 Å². The van der Waals surface area contributed by atoms with Crippen LogP contribution in [0.25, 0.3) is 0 Å². The lowest BCUT2D eigenvalue weighted by Crippen LogP contribution is -2.46. The van der Waals surface area contributed by atoms with Crippen molar-refractivity contribution in [1.29, 1.82) is 0 Å². The molecule has 3 rings (SSSR count). The molecule has 1 aromatic rings. The number of likely N-dealkylation sites (N-methyl/N-ethyl adjacent to an activating group) is 1. The van der Waals surface area contributed by atoms with E-state index in [1.54, 1.807) is 11.0 Å². The molecule has 0 aliphatic carbocycles. The topological polar surface area (TPSA) is 97.3 Å². The Morgan fingerprint density at radius 2 is 2.15 bits per heavy atom. The average Bonchev–Trinajstić information content (AvgIpc) is 2.98. The van der Waals surface area contributed by atoms with E-state index in [-0.39, 0.29) is 43.0 Å². The minimum Gasteiger partial charge on any atom is -0.487 e. The SMILES string of the molecule is COC(=O)C[C@H]1C[C@@H]2c3cc(NC(=O)CN(C)C)ccc3O[C@@H]2[C@H](CO)O1. The van der Waals surface area contributed by atoms with Crippen molar-refractivity contribution in [3.05, 3.63) is 23.8 Å². The number of methoxy groups -OCH3 is 1. The number of carbonyl (C=O) groups is 2. The molecule has 2 aliphatic rings. The first kappa shape index (κ1) is 19.6. The molecule has 0 bridgehead atoms. The summed E-state index contributed by atoms with van der Waals surface area (Å²) in [6, 6.07) is 5.52. The van der Waals surface area contributed by atoms with Gasteiger partial charge in [0.2, 0.25) is 5.91 Å². The number of hydrogen-bond acceptors (Lipinski definition) is 7. The molecule has 1 aromatic carbocycles. The Bertz CT molecular complexity index is 707. The molecule has 1 saturated heterocycles. The van der Waals surface area contributed by atoms with Crippen molar-refractivity contribution >= 4 is 17.6 Å². The van der Waals surface area contributed by atoms with Crippen molar-refractivity contribution in [2.75, 3.05) is 39.7 Å². The van der Waals surface area contributed by atoms with Crippen LogP contribution in [0.15, 0.2) is 18.2 Å². The number of esters is 1. The van der Waals surface area contributed by atoms with Gasteiger partial charge in [0.15, 0.2) is 0 Å². The van der Waals surface area contributed by atoms with E-state index in [4.69, 9.17) is 14.2 Å². The van der Waals surface area contributed by atoms with Crippen LogP contribution in [0, 0.1) is 0 Å². The van der Waals surface area contributed by atoms with Crippen LogP contribution in [0.5, 0.6) is 5.75 Å². The molecule has 1 amide bonds. The van der Waals surface area contributed by atoms with Gasteiger partial charge in [-0.05, 0) is 38.7 Å². The zero-order chi connectivity index (χ0) is 19.6. The molecule has 2 N–H and O–H groups in total. The molecule has 0 saturated carbocycles. The van der Waals surface area contributed by atoms with Crippen LogP contribution in [0.4, 0.5) is 5.69 Å². The van der Waals surface area contributed by atoms with Crippen LogP contribution in [-0.4, -0.2) is 74.6 Å². The van der Waals surface area contributed by atoms with E-state index in [0.29, 0.717) is 18.7 Å². The van der Waals surface area contributed by atoms with E-state index in [0.717, 1.165) is 11.3 Å². The summed E-state index contributed by atoms with van der Waals surface area (Å²) in [5, 5.41) is 12.6. The first-order valence-corrected chi connectivity index (χ1v) is 8.99. The van der Waals surface area contributed by atoms with E-state index in [9.17, 15) is 14.7 Å². The van der Waals surface area contributed by atoms with Gasteiger partial charge in [0.1, 0.15) is 18.0 Å². The molecule has 27 heavy (non-hydrogen) atoms. The summed E-state index contributed by atoms with van der Waals surface area (Å²) >= 11 is 0. The maximum absolute atomic E-state index is 12.0. The van der Waals surface area contributed by atoms with Crippen molar-refractivity contribution in [2.45, 2.75) is 37.1 Å². The van der Waals surface area contributed by atoms with E-state index in [2.05, 4.69) is 5.32 Å². The summed E-state index contributed by atoms with van der Waals surface area (Å²) in [7, 11) is 5.01. The number of ether oxygens (including phenoxy) is 3. The molecule has 8 heteroatoms. The predicted molar refractivity (Wildman–Crippen MR) is 97.8 cm³/mol. The number of nitrogens with one attached hydrogen (secondary N) is 1. The number of amides is 1. The summed E-state index contributed by atoms with van der Waals surface area (Å²) in [6.07, 6.45) is -0.468. The normalized spacial score (nSPS) is 26.1. The zero-order valence-corrected chi connectivity index (χ0v) is 15.8. The van der Waals surface area contributed by atoms with Crippen LogP contribution in [-0.2, 0) is 19.1 Å². The van der Waals surface area contributed by atoms with Crippen molar-refractivity contribution in [3.8, 4) is 5.75 Å². The monoisotopic (exact) mass is 378 g/mol. The second-order valence-corrected chi connectivity index (χ2v) is 7.22. The van der Waals surface area contributed by atoms with Crippen LogP contribution < -0.4 is 10.1 Å². The van der Waals surface area contributed by atoms with Gasteiger partial charge in [-0.1, -0.05) is 0 Å². The summed E-state index contributed by atoms with van der Waals surface area (Å²) < 4.78 is 16.6. The highest BCUT2D eigenvalue weighted by atomic mass is 16.6. The Morgan fingerprint density at radius 1 is 1.37 bits per heavy atom. The third kappa shape index (κ3) is 4.40. The third-order valence-corrected chi connectivity index (χ3v) is 4.86. The minimum absolute atomic E-state index is 0.0220. The number of anilines is 1. The first-order chi connectivity index (χ1) is 12.9. The van der Waals surface area contributed by atoms with Gasteiger partial charge in [0, 0.05) is 17.2 Å². The highest BCUT2D eigenvalue weighted by Crippen LogP contribution is 2.47. The molecule has 148 valence electrons. The second kappa shape index (κ2) is 8.24. The lowest BCUT2D eigenvalue weighted by Gasteiger charge is -2.36. The Morgan fingerprint density at radius 3 is 2.81 bits per heavy atom. The van der Waals surface area contributed by atoms with Gasteiger partial charge in [-0.15, -0.1) is 0 Å². The van der Waals surface area contributed by atoms with Gasteiger partial charge in [0.05, 0.1) is 32.8 Å². The van der Waals surface area contributed by atoms with Crippen LogP contribution in [0.2, 0.25) is 0 Å². The number of aliphatic hydroxyl groups excluding tert-OH is 1. The third-order valence-electron chi connectivity index (χ3n) is 4.86. The fourth-order valence-electron chi connectivity index (χ4n) is 3.72. The number of aliphatic hydroxyl groups is 1. The number of rotatable bonds is 6. The van der Waals surface area contributed by atoms with Gasteiger partial charge in [-0.3, -0.25) is 9.59 Å². The van der Waals surface area contributed by atoms with Gasteiger partial charge in [0.25, 0.3) is 0 Å². The highest BCUT2D eigenvalue weighted by Gasteiger charge is 2.46. The molecule has 4 atom stereocenters. The Kier molecular flexibility index (Phi) is 5.98. The smallest absolute Gasteiger partial charge is 0.308 e. The summed E-state index contributed by atoms with van der Waals surface area (Å²) in [6.45, 7) is 0.0977. The van der Waals surface area contributed by atoms with Crippen LogP contribution in [0.1, 0.15) is 24.3 Å². The average molecular weight is 378 g/mol. The van der Waals surface area contributed by atoms with Gasteiger partial charge in [-0.2, -0.15) is 0 Å². The molecule has 0 aromatic heterocycles. The van der Waals surface area contributed by atoms with Crippen molar-refractivity contribution in [1.82, 2.24) is 4.90 Å². The molecule has 8 nitrogen and oxygen atoms in total. The summed E-state index contributed by atoms with van der Waals surface area (Å²) in [5.74, 6) is 0.251. The van der Waals surface area contributed by atoms with Crippen molar-refractivity contribution in [3.63, 3.8) is 0 Å². The molecule has 2 aliphatic heterocycles. The number of fused-ring (bicyclic) bond motifs is 3. The number of benzene rings is 1. The minimum atomic E-state index is -0.516. The number of carbonyl (C=O) groups excluding carboxylic acids is 2. The van der Waals surface area contributed by atoms with E-state index >= 15 is 0 Å². The summed E-state index contributed by atoms with van der Waals surface area (Å²) in [4.78, 5) is 25.4. The van der Waals surface area contributed by atoms with Crippen LogP contribution >= 0.6 is 0 Å². The lowest BCUT2D eigenvalue weighted by molar-refractivity contribution is -0.156. The predicted octanol–water partition coefficient (Wildman–Crippen LogP) is 0.744. The zero-order valence-electron chi connectivity index (χ0n) is 15.8. The lowest BCUT2D eigenvalue weighted by atomic mass is 9.84. The highest BCUT2D eigenvalue weighted by molar-refractivity contribution is 5.92. The molecule has 1 fully saturated rings. The molecule has 0 unspecified atom stereocenters. The van der Waals surface area contributed by atoms with Crippen LogP contribution in [0.3, 0.4) is 0 Å². The first-order valence-electron chi connectivity index (χ1n) is 8.99. The Labute approximate surface area is 158 Å². The Balaban J connectivity index is 1.78. The summed E-state index contributed by atoms with van der Waals surface area (Å²) in [5.41, 5.74) is 1.65. The molecule has 0 spiro atoms. The second-order valence-electron chi connectivity index (χ2n) is 7.22. The van der Waals surface area contributed by atoms with Crippen molar-refractivity contribution < 1.29 is 28.9 Å². The van der Waals surface area contributed by atoms with E-state index in [1.165, 1.54) is 7.11 Å². The maximum Gasteiger partial charge on any atom is 0.308 e. The maximum atomic E-state index is 12.0. The molecular weight excluding hydrogens is 352 g/mol. The quantitative estimate of drug-likeness (QED) is 0.705. The number of nitrogens with zero attached hydrogens (tertiary/aromatic N) is 1. The van der Waals surface area contributed by atoms with Crippen molar-refractivity contribution in [2.24, 2.45) is 0 Å². The fraction of sp³-hybridized carbons (Fsp3) is 0.579. The molecule has 0 radical (unpaired) electrons. The largest absolute Gasteiger partial charge is 0.487 e.